The number of Topliss-reactive ketones (excluding diaryl/α,β-unsaturated/α-hetero) is 1. The third-order valence-corrected chi connectivity index (χ3v) is 6.87. The SMILES string of the molecule is Cc1cc(C#N)ccc1-n1[nH]c(-c2ccc(C(=O)C3(C)NC[C@H]4CNC[C@H]43)cn2)cc1=O. The van der Waals surface area contributed by atoms with Gasteiger partial charge in [0.2, 0.25) is 0 Å². The van der Waals surface area contributed by atoms with Gasteiger partial charge in [-0.25, -0.2) is 4.68 Å². The summed E-state index contributed by atoms with van der Waals surface area (Å²) in [5.41, 5.74) is 2.90. The van der Waals surface area contributed by atoms with E-state index in [0.29, 0.717) is 34.1 Å². The summed E-state index contributed by atoms with van der Waals surface area (Å²) in [7, 11) is 0. The van der Waals surface area contributed by atoms with E-state index >= 15 is 0 Å². The highest BCUT2D eigenvalue weighted by atomic mass is 16.1. The maximum Gasteiger partial charge on any atom is 0.271 e. The normalized spacial score (nSPS) is 24.3. The first-order valence-corrected chi connectivity index (χ1v) is 10.7. The quantitative estimate of drug-likeness (QED) is 0.546. The highest BCUT2D eigenvalue weighted by Gasteiger charge is 2.51. The molecule has 3 atom stereocenters. The van der Waals surface area contributed by atoms with Gasteiger partial charge in [0.15, 0.2) is 5.78 Å². The van der Waals surface area contributed by atoms with E-state index < -0.39 is 5.54 Å². The minimum Gasteiger partial charge on any atom is -0.316 e. The lowest BCUT2D eigenvalue weighted by atomic mass is 9.79. The number of aromatic nitrogens is 3. The smallest absolute Gasteiger partial charge is 0.271 e. The molecule has 0 aliphatic carbocycles. The van der Waals surface area contributed by atoms with Crippen LogP contribution in [0.1, 0.15) is 28.4 Å². The Morgan fingerprint density at radius 1 is 1.22 bits per heavy atom. The molecule has 5 rings (SSSR count). The van der Waals surface area contributed by atoms with Crippen LogP contribution in [0.5, 0.6) is 0 Å². The lowest BCUT2D eigenvalue weighted by Crippen LogP contribution is -2.51. The van der Waals surface area contributed by atoms with Gasteiger partial charge in [-0.15, -0.1) is 0 Å². The highest BCUT2D eigenvalue weighted by Crippen LogP contribution is 2.36. The number of hydrogen-bond donors (Lipinski definition) is 3. The lowest BCUT2D eigenvalue weighted by Gasteiger charge is -2.29. The van der Waals surface area contributed by atoms with E-state index in [2.05, 4.69) is 26.8 Å². The number of ketones is 1. The summed E-state index contributed by atoms with van der Waals surface area (Å²) >= 11 is 0. The van der Waals surface area contributed by atoms with Gasteiger partial charge in [0.1, 0.15) is 0 Å². The molecule has 0 amide bonds. The maximum atomic E-state index is 13.3. The van der Waals surface area contributed by atoms with Gasteiger partial charge in [-0.05, 0) is 62.2 Å². The number of aromatic amines is 1. The molecule has 0 radical (unpaired) electrons. The van der Waals surface area contributed by atoms with Crippen molar-refractivity contribution in [1.82, 2.24) is 25.4 Å². The number of pyridine rings is 1. The van der Waals surface area contributed by atoms with Gasteiger partial charge >= 0.3 is 0 Å². The molecule has 162 valence electrons. The second-order valence-electron chi connectivity index (χ2n) is 8.83. The molecule has 0 saturated carbocycles. The van der Waals surface area contributed by atoms with Gasteiger partial charge in [0.25, 0.3) is 5.56 Å². The van der Waals surface area contributed by atoms with Crippen LogP contribution >= 0.6 is 0 Å². The Morgan fingerprint density at radius 3 is 2.78 bits per heavy atom. The van der Waals surface area contributed by atoms with Gasteiger partial charge in [-0.1, -0.05) is 0 Å². The predicted octanol–water partition coefficient (Wildman–Crippen LogP) is 1.79. The number of aryl methyl sites for hydroxylation is 1. The van der Waals surface area contributed by atoms with E-state index in [1.807, 2.05) is 13.8 Å². The fourth-order valence-electron chi connectivity index (χ4n) is 5.02. The van der Waals surface area contributed by atoms with Gasteiger partial charge < -0.3 is 10.6 Å². The van der Waals surface area contributed by atoms with Crippen molar-refractivity contribution in [2.24, 2.45) is 11.8 Å². The van der Waals surface area contributed by atoms with E-state index in [1.54, 1.807) is 36.5 Å². The van der Waals surface area contributed by atoms with Crippen LogP contribution in [0.15, 0.2) is 47.4 Å². The maximum absolute atomic E-state index is 13.3. The van der Waals surface area contributed by atoms with Crippen LogP contribution in [0.4, 0.5) is 0 Å². The largest absolute Gasteiger partial charge is 0.316 e. The minimum atomic E-state index is -0.595. The number of nitrogens with one attached hydrogen (secondary N) is 3. The van der Waals surface area contributed by atoms with E-state index in [1.165, 1.54) is 10.7 Å². The van der Waals surface area contributed by atoms with Crippen LogP contribution in [-0.2, 0) is 0 Å². The first-order valence-electron chi connectivity index (χ1n) is 10.7. The predicted molar refractivity (Wildman–Crippen MR) is 120 cm³/mol. The molecule has 32 heavy (non-hydrogen) atoms. The highest BCUT2D eigenvalue weighted by molar-refractivity contribution is 6.03. The van der Waals surface area contributed by atoms with Gasteiger partial charge in [-0.2, -0.15) is 5.26 Å². The lowest BCUT2D eigenvalue weighted by molar-refractivity contribution is 0.0840. The van der Waals surface area contributed by atoms with Crippen LogP contribution in [0, 0.1) is 30.1 Å². The Hall–Kier alpha value is -3.54. The molecular formula is C24H24N6O2. The number of nitriles is 1. The third-order valence-electron chi connectivity index (χ3n) is 6.87. The number of nitrogens with zero attached hydrogens (tertiary/aromatic N) is 3. The number of carbonyl (C=O) groups excluding carboxylic acids is 1. The minimum absolute atomic E-state index is 0.0482. The molecular weight excluding hydrogens is 404 g/mol. The van der Waals surface area contributed by atoms with Crippen LogP contribution < -0.4 is 16.2 Å². The zero-order chi connectivity index (χ0) is 22.5. The number of benzene rings is 1. The fourth-order valence-corrected chi connectivity index (χ4v) is 5.02. The van der Waals surface area contributed by atoms with Crippen LogP contribution in [0.2, 0.25) is 0 Å². The topological polar surface area (TPSA) is 116 Å². The Labute approximate surface area is 185 Å². The van der Waals surface area contributed by atoms with E-state index in [-0.39, 0.29) is 17.3 Å². The van der Waals surface area contributed by atoms with Crippen molar-refractivity contribution in [3.8, 4) is 23.1 Å². The molecule has 2 aromatic heterocycles. The van der Waals surface area contributed by atoms with E-state index in [0.717, 1.165) is 25.2 Å². The number of rotatable bonds is 4. The first kappa shape index (κ1) is 20.4. The standard InChI is InChI=1S/C24H24N6O2/c1-14-7-15(9-25)3-6-21(14)30-22(31)8-20(29-30)19-5-4-16(11-27-19)23(32)24(2)18-13-26-10-17(18)12-28-24/h3-8,11,17-18,26,28-29H,10,12-13H2,1-2H3/t17-,18-,24?/m1/s1. The monoisotopic (exact) mass is 428 g/mol. The summed E-state index contributed by atoms with van der Waals surface area (Å²) in [6, 6.07) is 12.3. The van der Waals surface area contributed by atoms with Crippen LogP contribution in [-0.4, -0.2) is 45.7 Å². The Balaban J connectivity index is 1.42. The molecule has 1 aromatic carbocycles. The molecule has 2 aliphatic heterocycles. The zero-order valence-corrected chi connectivity index (χ0v) is 18.0. The van der Waals surface area contributed by atoms with Crippen molar-refractivity contribution >= 4 is 5.78 Å². The second-order valence-corrected chi connectivity index (χ2v) is 8.83. The molecule has 3 aromatic rings. The molecule has 0 bridgehead atoms. The Kier molecular flexibility index (Phi) is 4.81. The summed E-state index contributed by atoms with van der Waals surface area (Å²) in [6.07, 6.45) is 1.59. The van der Waals surface area contributed by atoms with Crippen LogP contribution in [0.25, 0.3) is 17.1 Å². The molecule has 1 unspecified atom stereocenters. The molecule has 2 saturated heterocycles. The van der Waals surface area contributed by atoms with Crippen molar-refractivity contribution in [2.75, 3.05) is 19.6 Å². The Morgan fingerprint density at radius 2 is 2.06 bits per heavy atom. The molecule has 2 aliphatic rings. The number of hydrogen-bond acceptors (Lipinski definition) is 6. The molecule has 0 spiro atoms. The van der Waals surface area contributed by atoms with Crippen LogP contribution in [0.3, 0.4) is 0 Å². The molecule has 8 heteroatoms. The van der Waals surface area contributed by atoms with Crippen molar-refractivity contribution in [2.45, 2.75) is 19.4 Å². The Bertz CT molecular complexity index is 1300. The molecule has 2 fully saturated rings. The van der Waals surface area contributed by atoms with E-state index in [4.69, 9.17) is 5.26 Å². The van der Waals surface area contributed by atoms with Gasteiger partial charge in [0.05, 0.1) is 34.2 Å². The number of H-pyrrole nitrogens is 1. The molecule has 4 heterocycles. The summed E-state index contributed by atoms with van der Waals surface area (Å²) in [5, 5.41) is 19.0. The van der Waals surface area contributed by atoms with Crippen molar-refractivity contribution in [1.29, 1.82) is 5.26 Å². The fraction of sp³-hybridized carbons (Fsp3) is 0.333. The van der Waals surface area contributed by atoms with Gasteiger partial charge in [-0.3, -0.25) is 19.7 Å². The van der Waals surface area contributed by atoms with Crippen molar-refractivity contribution in [3.05, 3.63) is 69.6 Å². The summed E-state index contributed by atoms with van der Waals surface area (Å²) in [6.45, 7) is 6.47. The van der Waals surface area contributed by atoms with E-state index in [9.17, 15) is 9.59 Å². The van der Waals surface area contributed by atoms with Crippen molar-refractivity contribution < 1.29 is 4.79 Å². The van der Waals surface area contributed by atoms with Crippen molar-refractivity contribution in [3.63, 3.8) is 0 Å². The second kappa shape index (κ2) is 7.55. The average Bonchev–Trinajstić information content (AvgIpc) is 3.51. The summed E-state index contributed by atoms with van der Waals surface area (Å²) in [4.78, 5) is 30.3. The summed E-state index contributed by atoms with van der Waals surface area (Å²) < 4.78 is 1.43. The number of fused-ring (bicyclic) bond motifs is 1. The first-order chi connectivity index (χ1) is 15.4. The van der Waals surface area contributed by atoms with Gasteiger partial charge in [0, 0.05) is 36.8 Å². The zero-order valence-electron chi connectivity index (χ0n) is 18.0. The third kappa shape index (κ3) is 3.18. The molecule has 3 N–H and O–H groups in total. The summed E-state index contributed by atoms with van der Waals surface area (Å²) in [5.74, 6) is 0.800. The number of carbonyl (C=O) groups is 1. The average molecular weight is 428 g/mol. The molecule has 8 nitrogen and oxygen atoms in total.